The fraction of sp³-hybridized carbons (Fsp3) is 0.889. The van der Waals surface area contributed by atoms with Crippen LogP contribution in [0.15, 0.2) is 0 Å². The van der Waals surface area contributed by atoms with Crippen molar-refractivity contribution in [3.8, 4) is 0 Å². The minimum absolute atomic E-state index is 0.260. The van der Waals surface area contributed by atoms with Gasteiger partial charge in [-0.05, 0) is 26.2 Å². The first-order chi connectivity index (χ1) is 12.1. The van der Waals surface area contributed by atoms with E-state index in [1.54, 1.807) is 0 Å². The van der Waals surface area contributed by atoms with E-state index in [1.165, 1.54) is 6.42 Å². The number of likely N-dealkylation sites (tertiary alicyclic amines) is 1. The van der Waals surface area contributed by atoms with Crippen molar-refractivity contribution in [3.63, 3.8) is 0 Å². The van der Waals surface area contributed by atoms with Gasteiger partial charge in [0, 0.05) is 69.3 Å². The zero-order valence-corrected chi connectivity index (χ0v) is 16.2. The highest BCUT2D eigenvalue weighted by atomic mass is 32.2. The first-order valence-corrected chi connectivity index (χ1v) is 10.9. The van der Waals surface area contributed by atoms with E-state index in [9.17, 15) is 9.59 Å². The molecule has 3 fully saturated rings. The van der Waals surface area contributed by atoms with Crippen LogP contribution in [0.25, 0.3) is 0 Å². The zero-order chi connectivity index (χ0) is 17.6. The monoisotopic (exact) mass is 368 g/mol. The molecule has 0 bridgehead atoms. The quantitative estimate of drug-likeness (QED) is 0.789. The van der Waals surface area contributed by atoms with Crippen molar-refractivity contribution in [1.29, 1.82) is 0 Å². The molecule has 2 amide bonds. The van der Waals surface area contributed by atoms with Gasteiger partial charge in [-0.3, -0.25) is 14.5 Å². The number of hydrogen-bond acceptors (Lipinski definition) is 5. The summed E-state index contributed by atoms with van der Waals surface area (Å²) in [6.45, 7) is 7.71. The molecule has 3 rings (SSSR count). The molecule has 142 valence electrons. The zero-order valence-electron chi connectivity index (χ0n) is 15.4. The molecule has 3 aliphatic rings. The standard InChI is InChI=1S/C18H32N4O2S/c1-15-4-2-3-6-22(15)18(24)13-20-7-9-21(10-8-20)17(23)12-16-14-25-11-5-19-16/h15-16,19H,2-14H2,1H3. The van der Waals surface area contributed by atoms with E-state index in [4.69, 9.17) is 0 Å². The first kappa shape index (κ1) is 19.0. The van der Waals surface area contributed by atoms with Crippen LogP contribution in [0.2, 0.25) is 0 Å². The lowest BCUT2D eigenvalue weighted by molar-refractivity contribution is -0.137. The van der Waals surface area contributed by atoms with Crippen molar-refractivity contribution in [2.45, 2.75) is 44.7 Å². The Bertz CT molecular complexity index is 462. The van der Waals surface area contributed by atoms with E-state index < -0.39 is 0 Å². The molecular weight excluding hydrogens is 336 g/mol. The van der Waals surface area contributed by atoms with Crippen molar-refractivity contribution in [3.05, 3.63) is 0 Å². The van der Waals surface area contributed by atoms with Gasteiger partial charge in [-0.1, -0.05) is 0 Å². The van der Waals surface area contributed by atoms with Gasteiger partial charge in [0.1, 0.15) is 0 Å². The van der Waals surface area contributed by atoms with Gasteiger partial charge >= 0.3 is 0 Å². The number of piperazine rings is 1. The van der Waals surface area contributed by atoms with Crippen LogP contribution in [0.5, 0.6) is 0 Å². The molecule has 1 N–H and O–H groups in total. The van der Waals surface area contributed by atoms with Crippen LogP contribution in [-0.2, 0) is 9.59 Å². The molecule has 0 aromatic rings. The topological polar surface area (TPSA) is 55.9 Å². The molecule has 6 nitrogen and oxygen atoms in total. The van der Waals surface area contributed by atoms with Crippen molar-refractivity contribution >= 4 is 23.6 Å². The summed E-state index contributed by atoms with van der Waals surface area (Å²) in [4.78, 5) is 31.3. The normalized spacial score (nSPS) is 28.8. The van der Waals surface area contributed by atoms with Crippen molar-refractivity contribution < 1.29 is 9.59 Å². The third-order valence-corrected chi connectivity index (χ3v) is 6.76. The number of amides is 2. The summed E-state index contributed by atoms with van der Waals surface area (Å²) in [5.41, 5.74) is 0. The van der Waals surface area contributed by atoms with Crippen LogP contribution in [0.1, 0.15) is 32.6 Å². The number of nitrogens with one attached hydrogen (secondary N) is 1. The highest BCUT2D eigenvalue weighted by molar-refractivity contribution is 7.99. The second-order valence-electron chi connectivity index (χ2n) is 7.52. The van der Waals surface area contributed by atoms with Crippen LogP contribution in [-0.4, -0.2) is 95.9 Å². The highest BCUT2D eigenvalue weighted by Gasteiger charge is 2.28. The van der Waals surface area contributed by atoms with Gasteiger partial charge in [-0.15, -0.1) is 0 Å². The Labute approximate surface area is 155 Å². The molecule has 0 radical (unpaired) electrons. The molecular formula is C18H32N4O2S. The van der Waals surface area contributed by atoms with Crippen molar-refractivity contribution in [1.82, 2.24) is 20.0 Å². The summed E-state index contributed by atoms with van der Waals surface area (Å²) in [6.07, 6.45) is 4.10. The second-order valence-corrected chi connectivity index (χ2v) is 8.67. The van der Waals surface area contributed by atoms with Gasteiger partial charge in [0.15, 0.2) is 0 Å². The van der Waals surface area contributed by atoms with Gasteiger partial charge < -0.3 is 15.1 Å². The number of carbonyl (C=O) groups excluding carboxylic acids is 2. The third kappa shape index (κ3) is 5.34. The maximum absolute atomic E-state index is 12.5. The van der Waals surface area contributed by atoms with E-state index in [0.717, 1.165) is 63.6 Å². The predicted molar refractivity (Wildman–Crippen MR) is 102 cm³/mol. The summed E-state index contributed by atoms with van der Waals surface area (Å²) in [5.74, 6) is 2.70. The van der Waals surface area contributed by atoms with Gasteiger partial charge in [-0.25, -0.2) is 0 Å². The maximum atomic E-state index is 12.5. The van der Waals surface area contributed by atoms with Crippen LogP contribution < -0.4 is 5.32 Å². The molecule has 0 aromatic carbocycles. The number of nitrogens with zero attached hydrogens (tertiary/aromatic N) is 3. The minimum Gasteiger partial charge on any atom is -0.340 e. The molecule has 3 heterocycles. The highest BCUT2D eigenvalue weighted by Crippen LogP contribution is 2.17. The molecule has 2 unspecified atom stereocenters. The Morgan fingerprint density at radius 2 is 1.88 bits per heavy atom. The first-order valence-electron chi connectivity index (χ1n) is 9.74. The summed E-state index contributed by atoms with van der Waals surface area (Å²) in [7, 11) is 0. The van der Waals surface area contributed by atoms with Crippen LogP contribution in [0.3, 0.4) is 0 Å². The Morgan fingerprint density at radius 3 is 2.56 bits per heavy atom. The van der Waals surface area contributed by atoms with E-state index in [-0.39, 0.29) is 11.8 Å². The Balaban J connectivity index is 1.39. The van der Waals surface area contributed by atoms with Crippen molar-refractivity contribution in [2.75, 3.05) is 57.3 Å². The Kier molecular flexibility index (Phi) is 7.01. The molecule has 3 aliphatic heterocycles. The fourth-order valence-electron chi connectivity index (χ4n) is 4.00. The Morgan fingerprint density at radius 1 is 1.08 bits per heavy atom. The van der Waals surface area contributed by atoms with E-state index >= 15 is 0 Å². The SMILES string of the molecule is CC1CCCCN1C(=O)CN1CCN(C(=O)CC2CSCCN2)CC1. The molecule has 0 aromatic heterocycles. The summed E-state index contributed by atoms with van der Waals surface area (Å²) >= 11 is 1.93. The number of carbonyl (C=O) groups is 2. The van der Waals surface area contributed by atoms with Gasteiger partial charge in [0.2, 0.25) is 11.8 Å². The molecule has 2 atom stereocenters. The van der Waals surface area contributed by atoms with E-state index in [2.05, 4.69) is 17.1 Å². The van der Waals surface area contributed by atoms with Crippen LogP contribution in [0.4, 0.5) is 0 Å². The summed E-state index contributed by atoms with van der Waals surface area (Å²) in [6, 6.07) is 0.705. The molecule has 25 heavy (non-hydrogen) atoms. The fourth-order valence-corrected chi connectivity index (χ4v) is 4.95. The van der Waals surface area contributed by atoms with Gasteiger partial charge in [-0.2, -0.15) is 11.8 Å². The molecule has 3 saturated heterocycles. The van der Waals surface area contributed by atoms with Crippen LogP contribution in [0, 0.1) is 0 Å². The average Bonchev–Trinajstić information content (AvgIpc) is 2.63. The molecule has 0 aliphatic carbocycles. The molecule has 0 spiro atoms. The number of thioether (sulfide) groups is 1. The molecule has 7 heteroatoms. The average molecular weight is 369 g/mol. The number of piperidine rings is 1. The lowest BCUT2D eigenvalue weighted by Crippen LogP contribution is -2.53. The van der Waals surface area contributed by atoms with Crippen LogP contribution >= 0.6 is 11.8 Å². The largest absolute Gasteiger partial charge is 0.340 e. The third-order valence-electron chi connectivity index (χ3n) is 5.63. The molecule has 0 saturated carbocycles. The second kappa shape index (κ2) is 9.24. The summed E-state index contributed by atoms with van der Waals surface area (Å²) in [5, 5.41) is 3.44. The maximum Gasteiger partial charge on any atom is 0.236 e. The summed E-state index contributed by atoms with van der Waals surface area (Å²) < 4.78 is 0. The van der Waals surface area contributed by atoms with Crippen molar-refractivity contribution in [2.24, 2.45) is 0 Å². The smallest absolute Gasteiger partial charge is 0.236 e. The lowest BCUT2D eigenvalue weighted by atomic mass is 10.0. The lowest BCUT2D eigenvalue weighted by Gasteiger charge is -2.38. The van der Waals surface area contributed by atoms with E-state index in [1.807, 2.05) is 21.6 Å². The minimum atomic E-state index is 0.260. The van der Waals surface area contributed by atoms with Gasteiger partial charge in [0.25, 0.3) is 0 Å². The van der Waals surface area contributed by atoms with Gasteiger partial charge in [0.05, 0.1) is 6.54 Å². The van der Waals surface area contributed by atoms with E-state index in [0.29, 0.717) is 25.0 Å². The Hall–Kier alpha value is -0.790. The predicted octanol–water partition coefficient (Wildman–Crippen LogP) is 0.627. The number of hydrogen-bond donors (Lipinski definition) is 1. The number of rotatable bonds is 4.